The van der Waals surface area contributed by atoms with E-state index < -0.39 is 0 Å². The molecule has 0 amide bonds. The van der Waals surface area contributed by atoms with Crippen molar-refractivity contribution >= 4 is 0 Å². The molecule has 78 valence electrons. The van der Waals surface area contributed by atoms with Gasteiger partial charge in [-0.25, -0.2) is 0 Å². The summed E-state index contributed by atoms with van der Waals surface area (Å²) in [5.41, 5.74) is 2.58. The van der Waals surface area contributed by atoms with Gasteiger partial charge in [-0.05, 0) is 30.4 Å². The van der Waals surface area contributed by atoms with E-state index in [-0.39, 0.29) is 6.61 Å². The Kier molecular flexibility index (Phi) is 4.15. The van der Waals surface area contributed by atoms with E-state index >= 15 is 0 Å². The van der Waals surface area contributed by atoms with Crippen molar-refractivity contribution in [2.75, 3.05) is 6.61 Å². The van der Waals surface area contributed by atoms with E-state index in [0.29, 0.717) is 11.8 Å². The highest BCUT2D eigenvalue weighted by molar-refractivity contribution is 5.29. The van der Waals surface area contributed by atoms with E-state index in [0.717, 1.165) is 6.42 Å². The van der Waals surface area contributed by atoms with Crippen LogP contribution in [-0.2, 0) is 0 Å². The normalized spacial score (nSPS) is 13.2. The van der Waals surface area contributed by atoms with Crippen LogP contribution in [0.3, 0.4) is 0 Å². The number of hydrogen-bond donors (Lipinski definition) is 1. The van der Waals surface area contributed by atoms with E-state index in [4.69, 9.17) is 0 Å². The zero-order valence-corrected chi connectivity index (χ0v) is 9.33. The molecule has 1 N–H and O–H groups in total. The average Bonchev–Trinajstić information content (AvgIpc) is 2.15. The molecule has 1 heteroatoms. The average molecular weight is 192 g/mol. The summed E-state index contributed by atoms with van der Waals surface area (Å²) in [5, 5.41) is 9.35. The van der Waals surface area contributed by atoms with Crippen LogP contribution in [0.15, 0.2) is 24.3 Å². The molecule has 14 heavy (non-hydrogen) atoms. The Labute approximate surface area is 86.8 Å². The van der Waals surface area contributed by atoms with Crippen LogP contribution in [0, 0.1) is 12.8 Å². The van der Waals surface area contributed by atoms with Gasteiger partial charge >= 0.3 is 0 Å². The lowest BCUT2D eigenvalue weighted by molar-refractivity contribution is 0.248. The molecule has 1 aromatic carbocycles. The van der Waals surface area contributed by atoms with Crippen LogP contribution in [0.25, 0.3) is 0 Å². The summed E-state index contributed by atoms with van der Waals surface area (Å²) < 4.78 is 0. The molecule has 0 aliphatic heterocycles. The van der Waals surface area contributed by atoms with Crippen molar-refractivity contribution in [3.8, 4) is 0 Å². The highest BCUT2D eigenvalue weighted by Crippen LogP contribution is 2.25. The molecule has 0 fully saturated rings. The first-order chi connectivity index (χ1) is 6.65. The quantitative estimate of drug-likeness (QED) is 0.777. The number of aryl methyl sites for hydroxylation is 1. The summed E-state index contributed by atoms with van der Waals surface area (Å²) in [6, 6.07) is 8.32. The van der Waals surface area contributed by atoms with Crippen molar-refractivity contribution in [3.63, 3.8) is 0 Å². The maximum Gasteiger partial charge on any atom is 0.0499 e. The van der Waals surface area contributed by atoms with Gasteiger partial charge in [-0.1, -0.05) is 38.1 Å². The van der Waals surface area contributed by atoms with Gasteiger partial charge in [0.05, 0.1) is 0 Å². The van der Waals surface area contributed by atoms with Gasteiger partial charge in [-0.2, -0.15) is 0 Å². The maximum atomic E-state index is 9.35. The first-order valence-corrected chi connectivity index (χ1v) is 5.31. The Bertz CT molecular complexity index is 278. The third kappa shape index (κ3) is 2.85. The number of benzene rings is 1. The third-order valence-corrected chi connectivity index (χ3v) is 2.60. The van der Waals surface area contributed by atoms with Gasteiger partial charge in [0.25, 0.3) is 0 Å². The van der Waals surface area contributed by atoms with Crippen LogP contribution in [0.4, 0.5) is 0 Å². The molecule has 1 aromatic rings. The minimum atomic E-state index is 0.253. The van der Waals surface area contributed by atoms with Crippen LogP contribution < -0.4 is 0 Å². The molecule has 0 saturated carbocycles. The van der Waals surface area contributed by atoms with Gasteiger partial charge in [0.15, 0.2) is 0 Å². The topological polar surface area (TPSA) is 20.2 Å². The van der Waals surface area contributed by atoms with E-state index in [1.165, 1.54) is 11.1 Å². The standard InChI is InChI=1S/C13H20O/c1-10(2)8-12(9-14)13-7-5-4-6-11(13)3/h4-7,10,12,14H,8-9H2,1-3H3. The lowest BCUT2D eigenvalue weighted by Crippen LogP contribution is -2.08. The van der Waals surface area contributed by atoms with Gasteiger partial charge < -0.3 is 5.11 Å². The molecular weight excluding hydrogens is 172 g/mol. The van der Waals surface area contributed by atoms with Gasteiger partial charge in [-0.3, -0.25) is 0 Å². The second-order valence-corrected chi connectivity index (χ2v) is 4.37. The van der Waals surface area contributed by atoms with Crippen molar-refractivity contribution < 1.29 is 5.11 Å². The summed E-state index contributed by atoms with van der Waals surface area (Å²) in [4.78, 5) is 0. The van der Waals surface area contributed by atoms with Crippen LogP contribution in [0.2, 0.25) is 0 Å². The number of aliphatic hydroxyl groups excluding tert-OH is 1. The number of rotatable bonds is 4. The van der Waals surface area contributed by atoms with E-state index in [9.17, 15) is 5.11 Å². The van der Waals surface area contributed by atoms with Crippen LogP contribution in [0.5, 0.6) is 0 Å². The van der Waals surface area contributed by atoms with Gasteiger partial charge in [0.1, 0.15) is 0 Å². The van der Waals surface area contributed by atoms with Crippen LogP contribution >= 0.6 is 0 Å². The summed E-state index contributed by atoms with van der Waals surface area (Å²) in [7, 11) is 0. The highest BCUT2D eigenvalue weighted by atomic mass is 16.3. The number of aliphatic hydroxyl groups is 1. The minimum absolute atomic E-state index is 0.253. The third-order valence-electron chi connectivity index (χ3n) is 2.60. The first kappa shape index (κ1) is 11.3. The predicted octanol–water partition coefficient (Wildman–Crippen LogP) is 3.12. The van der Waals surface area contributed by atoms with E-state index in [2.05, 4.69) is 32.9 Å². The molecule has 0 spiro atoms. The fourth-order valence-corrected chi connectivity index (χ4v) is 1.91. The van der Waals surface area contributed by atoms with Crippen LogP contribution in [0.1, 0.15) is 37.3 Å². The van der Waals surface area contributed by atoms with Crippen molar-refractivity contribution in [2.45, 2.75) is 33.1 Å². The predicted molar refractivity (Wildman–Crippen MR) is 60.5 cm³/mol. The van der Waals surface area contributed by atoms with Crippen molar-refractivity contribution in [1.82, 2.24) is 0 Å². The second-order valence-electron chi connectivity index (χ2n) is 4.37. The smallest absolute Gasteiger partial charge is 0.0499 e. The molecule has 1 nitrogen and oxygen atoms in total. The maximum absolute atomic E-state index is 9.35. The molecule has 0 heterocycles. The molecule has 1 rings (SSSR count). The fourth-order valence-electron chi connectivity index (χ4n) is 1.91. The van der Waals surface area contributed by atoms with Crippen molar-refractivity contribution in [3.05, 3.63) is 35.4 Å². The highest BCUT2D eigenvalue weighted by Gasteiger charge is 2.13. The molecule has 0 saturated heterocycles. The molecule has 0 bridgehead atoms. The molecule has 1 unspecified atom stereocenters. The van der Waals surface area contributed by atoms with Gasteiger partial charge in [0.2, 0.25) is 0 Å². The fraction of sp³-hybridized carbons (Fsp3) is 0.538. The van der Waals surface area contributed by atoms with Crippen molar-refractivity contribution in [1.29, 1.82) is 0 Å². The molecule has 0 aliphatic rings. The van der Waals surface area contributed by atoms with Crippen molar-refractivity contribution in [2.24, 2.45) is 5.92 Å². The summed E-state index contributed by atoms with van der Waals surface area (Å²) in [6.45, 7) is 6.75. The Balaban J connectivity index is 2.83. The summed E-state index contributed by atoms with van der Waals surface area (Å²) in [5.74, 6) is 0.933. The Morgan fingerprint density at radius 1 is 1.21 bits per heavy atom. The monoisotopic (exact) mass is 192 g/mol. The lowest BCUT2D eigenvalue weighted by Gasteiger charge is -2.18. The minimum Gasteiger partial charge on any atom is -0.396 e. The SMILES string of the molecule is Cc1ccccc1C(CO)CC(C)C. The Morgan fingerprint density at radius 3 is 2.36 bits per heavy atom. The van der Waals surface area contributed by atoms with Crippen LogP contribution in [-0.4, -0.2) is 11.7 Å². The largest absolute Gasteiger partial charge is 0.396 e. The zero-order chi connectivity index (χ0) is 10.6. The lowest BCUT2D eigenvalue weighted by atomic mass is 9.88. The van der Waals surface area contributed by atoms with E-state index in [1.807, 2.05) is 12.1 Å². The molecule has 1 atom stereocenters. The van der Waals surface area contributed by atoms with Gasteiger partial charge in [-0.15, -0.1) is 0 Å². The summed E-state index contributed by atoms with van der Waals surface area (Å²) in [6.07, 6.45) is 1.06. The first-order valence-electron chi connectivity index (χ1n) is 5.31. The molecule has 0 aromatic heterocycles. The molecule has 0 radical (unpaired) electrons. The second kappa shape index (κ2) is 5.16. The molecule has 0 aliphatic carbocycles. The Hall–Kier alpha value is -0.820. The van der Waals surface area contributed by atoms with Gasteiger partial charge in [0, 0.05) is 12.5 Å². The molecular formula is C13H20O. The summed E-state index contributed by atoms with van der Waals surface area (Å²) >= 11 is 0. The Morgan fingerprint density at radius 2 is 1.86 bits per heavy atom. The zero-order valence-electron chi connectivity index (χ0n) is 9.33. The number of hydrogen-bond acceptors (Lipinski definition) is 1. The van der Waals surface area contributed by atoms with E-state index in [1.54, 1.807) is 0 Å².